The molecule has 21 heavy (non-hydrogen) atoms. The fourth-order valence-electron chi connectivity index (χ4n) is 2.13. The van der Waals surface area contributed by atoms with Crippen LogP contribution < -0.4 is 0 Å². The van der Waals surface area contributed by atoms with Crippen LogP contribution >= 0.6 is 15.9 Å². The standard InChI is InChI=1S/C15H23BrN2O3/c1-4-7-17-10-12(16)9-13(17)15(20)18(8-5-2)11-14(19)21-6-3/h9-10H,4-8,11H2,1-3H3. The number of amides is 1. The fraction of sp³-hybridized carbons (Fsp3) is 0.600. The third-order valence-electron chi connectivity index (χ3n) is 2.95. The van der Waals surface area contributed by atoms with Gasteiger partial charge in [-0.05, 0) is 41.8 Å². The van der Waals surface area contributed by atoms with Crippen molar-refractivity contribution in [3.8, 4) is 0 Å². The molecule has 0 bridgehead atoms. The molecule has 0 fully saturated rings. The number of carbonyl (C=O) groups excluding carboxylic acids is 2. The lowest BCUT2D eigenvalue weighted by atomic mass is 10.3. The van der Waals surface area contributed by atoms with Crippen LogP contribution in [0.2, 0.25) is 0 Å². The molecule has 1 rings (SSSR count). The number of aryl methyl sites for hydroxylation is 1. The van der Waals surface area contributed by atoms with E-state index >= 15 is 0 Å². The molecule has 5 nitrogen and oxygen atoms in total. The van der Waals surface area contributed by atoms with Crippen molar-refractivity contribution < 1.29 is 14.3 Å². The van der Waals surface area contributed by atoms with E-state index in [2.05, 4.69) is 22.9 Å². The second kappa shape index (κ2) is 8.87. The van der Waals surface area contributed by atoms with Crippen LogP contribution in [0, 0.1) is 0 Å². The van der Waals surface area contributed by atoms with Gasteiger partial charge in [0.1, 0.15) is 12.2 Å². The van der Waals surface area contributed by atoms with Gasteiger partial charge in [0.2, 0.25) is 0 Å². The highest BCUT2D eigenvalue weighted by Gasteiger charge is 2.22. The van der Waals surface area contributed by atoms with Crippen LogP contribution in [0.1, 0.15) is 44.1 Å². The van der Waals surface area contributed by atoms with Gasteiger partial charge in [-0.1, -0.05) is 13.8 Å². The Kier molecular flexibility index (Phi) is 7.50. The summed E-state index contributed by atoms with van der Waals surface area (Å²) in [6.45, 7) is 7.42. The summed E-state index contributed by atoms with van der Waals surface area (Å²) < 4.78 is 7.72. The van der Waals surface area contributed by atoms with Gasteiger partial charge in [-0.2, -0.15) is 0 Å². The van der Waals surface area contributed by atoms with Crippen LogP contribution in [-0.4, -0.2) is 41.0 Å². The van der Waals surface area contributed by atoms with E-state index in [1.54, 1.807) is 17.9 Å². The summed E-state index contributed by atoms with van der Waals surface area (Å²) in [6.07, 6.45) is 3.62. The molecule has 1 heterocycles. The van der Waals surface area contributed by atoms with Crippen molar-refractivity contribution in [1.29, 1.82) is 0 Å². The lowest BCUT2D eigenvalue weighted by Crippen LogP contribution is -2.38. The molecule has 0 aliphatic heterocycles. The molecule has 0 saturated carbocycles. The molecule has 0 N–H and O–H groups in total. The maximum atomic E-state index is 12.7. The summed E-state index contributed by atoms with van der Waals surface area (Å²) >= 11 is 3.40. The second-order valence-corrected chi connectivity index (χ2v) is 5.68. The first-order chi connectivity index (χ1) is 10.0. The molecule has 0 spiro atoms. The average Bonchev–Trinajstić information content (AvgIpc) is 2.79. The summed E-state index contributed by atoms with van der Waals surface area (Å²) in [5.41, 5.74) is 0.599. The molecule has 6 heteroatoms. The van der Waals surface area contributed by atoms with Crippen molar-refractivity contribution in [2.75, 3.05) is 19.7 Å². The minimum absolute atomic E-state index is 0.00453. The van der Waals surface area contributed by atoms with Crippen molar-refractivity contribution in [3.05, 3.63) is 22.4 Å². The highest BCUT2D eigenvalue weighted by molar-refractivity contribution is 9.10. The molecular weight excluding hydrogens is 336 g/mol. The SMILES string of the molecule is CCCN(CC(=O)OCC)C(=O)c1cc(Br)cn1CCC. The number of ether oxygens (including phenoxy) is 1. The van der Waals surface area contributed by atoms with Crippen LogP contribution in [0.4, 0.5) is 0 Å². The van der Waals surface area contributed by atoms with E-state index in [1.807, 2.05) is 17.7 Å². The predicted molar refractivity (Wildman–Crippen MR) is 85.3 cm³/mol. The number of hydrogen-bond acceptors (Lipinski definition) is 3. The first-order valence-electron chi connectivity index (χ1n) is 7.34. The zero-order chi connectivity index (χ0) is 15.8. The van der Waals surface area contributed by atoms with Crippen molar-refractivity contribution in [1.82, 2.24) is 9.47 Å². The molecule has 0 aliphatic carbocycles. The van der Waals surface area contributed by atoms with E-state index in [0.717, 1.165) is 23.9 Å². The number of halogens is 1. The van der Waals surface area contributed by atoms with E-state index in [9.17, 15) is 9.59 Å². The van der Waals surface area contributed by atoms with Crippen LogP contribution in [0.5, 0.6) is 0 Å². The Morgan fingerprint density at radius 1 is 1.29 bits per heavy atom. The number of rotatable bonds is 8. The van der Waals surface area contributed by atoms with Crippen LogP contribution in [0.25, 0.3) is 0 Å². The molecule has 1 aromatic rings. The van der Waals surface area contributed by atoms with Gasteiger partial charge >= 0.3 is 5.97 Å². The van der Waals surface area contributed by atoms with Crippen molar-refractivity contribution in [2.24, 2.45) is 0 Å². The highest BCUT2D eigenvalue weighted by atomic mass is 79.9. The number of aromatic nitrogens is 1. The molecule has 0 aliphatic rings. The molecule has 0 saturated heterocycles. The highest BCUT2D eigenvalue weighted by Crippen LogP contribution is 2.17. The van der Waals surface area contributed by atoms with E-state index < -0.39 is 0 Å². The largest absolute Gasteiger partial charge is 0.465 e. The fourth-order valence-corrected chi connectivity index (χ4v) is 2.59. The topological polar surface area (TPSA) is 51.5 Å². The first-order valence-corrected chi connectivity index (χ1v) is 8.13. The molecule has 0 unspecified atom stereocenters. The molecule has 0 atom stereocenters. The van der Waals surface area contributed by atoms with Crippen LogP contribution in [0.3, 0.4) is 0 Å². The van der Waals surface area contributed by atoms with E-state index in [1.165, 1.54) is 0 Å². The predicted octanol–water partition coefficient (Wildman–Crippen LogP) is 3.08. The number of esters is 1. The van der Waals surface area contributed by atoms with Crippen molar-refractivity contribution in [2.45, 2.75) is 40.2 Å². The molecule has 1 amide bonds. The Morgan fingerprint density at radius 2 is 2.00 bits per heavy atom. The molecule has 118 valence electrons. The van der Waals surface area contributed by atoms with Crippen LogP contribution in [0.15, 0.2) is 16.7 Å². The van der Waals surface area contributed by atoms with Gasteiger partial charge in [-0.25, -0.2) is 0 Å². The Bertz CT molecular complexity index is 485. The van der Waals surface area contributed by atoms with Crippen molar-refractivity contribution >= 4 is 27.8 Å². The zero-order valence-corrected chi connectivity index (χ0v) is 14.5. The van der Waals surface area contributed by atoms with Gasteiger partial charge in [0, 0.05) is 23.8 Å². The van der Waals surface area contributed by atoms with Gasteiger partial charge < -0.3 is 14.2 Å². The monoisotopic (exact) mass is 358 g/mol. The smallest absolute Gasteiger partial charge is 0.325 e. The van der Waals surface area contributed by atoms with Gasteiger partial charge in [0.15, 0.2) is 0 Å². The minimum atomic E-state index is -0.369. The molecule has 1 aromatic heterocycles. The van der Waals surface area contributed by atoms with Gasteiger partial charge in [-0.15, -0.1) is 0 Å². The molecule has 0 radical (unpaired) electrons. The summed E-state index contributed by atoms with van der Waals surface area (Å²) in [6, 6.07) is 1.80. The number of hydrogen-bond donors (Lipinski definition) is 0. The third kappa shape index (κ3) is 5.19. The lowest BCUT2D eigenvalue weighted by molar-refractivity contribution is -0.143. The molecule has 0 aromatic carbocycles. The maximum Gasteiger partial charge on any atom is 0.325 e. The molecular formula is C15H23BrN2O3. The minimum Gasteiger partial charge on any atom is -0.465 e. The van der Waals surface area contributed by atoms with E-state index in [0.29, 0.717) is 18.8 Å². The van der Waals surface area contributed by atoms with E-state index in [4.69, 9.17) is 4.74 Å². The normalized spacial score (nSPS) is 10.5. The quantitative estimate of drug-likeness (QED) is 0.671. The first kappa shape index (κ1) is 17.8. The van der Waals surface area contributed by atoms with Gasteiger partial charge in [0.25, 0.3) is 5.91 Å². The third-order valence-corrected chi connectivity index (χ3v) is 3.39. The van der Waals surface area contributed by atoms with Crippen LogP contribution in [-0.2, 0) is 16.1 Å². The zero-order valence-electron chi connectivity index (χ0n) is 12.9. The van der Waals surface area contributed by atoms with E-state index in [-0.39, 0.29) is 18.4 Å². The summed E-state index contributed by atoms with van der Waals surface area (Å²) in [4.78, 5) is 25.9. The summed E-state index contributed by atoms with van der Waals surface area (Å²) in [5, 5.41) is 0. The Balaban J connectivity index is 2.92. The summed E-state index contributed by atoms with van der Waals surface area (Å²) in [7, 11) is 0. The average molecular weight is 359 g/mol. The lowest BCUT2D eigenvalue weighted by Gasteiger charge is -2.21. The Labute approximate surface area is 134 Å². The maximum absolute atomic E-state index is 12.7. The number of carbonyl (C=O) groups is 2. The van der Waals surface area contributed by atoms with Gasteiger partial charge in [0.05, 0.1) is 6.61 Å². The Hall–Kier alpha value is -1.30. The Morgan fingerprint density at radius 3 is 2.57 bits per heavy atom. The van der Waals surface area contributed by atoms with Crippen molar-refractivity contribution in [3.63, 3.8) is 0 Å². The second-order valence-electron chi connectivity index (χ2n) is 4.77. The van der Waals surface area contributed by atoms with Gasteiger partial charge in [-0.3, -0.25) is 9.59 Å². The number of nitrogens with zero attached hydrogens (tertiary/aromatic N) is 2. The summed E-state index contributed by atoms with van der Waals surface area (Å²) in [5.74, 6) is -0.504.